The van der Waals surface area contributed by atoms with Crippen molar-refractivity contribution in [3.8, 4) is 0 Å². The molecule has 3 N–H and O–H groups in total. The summed E-state index contributed by atoms with van der Waals surface area (Å²) in [6.07, 6.45) is 0. The number of guanidine groups is 1. The third kappa shape index (κ3) is 7.83. The Hall–Kier alpha value is -2.45. The zero-order valence-electron chi connectivity index (χ0n) is 17.3. The summed E-state index contributed by atoms with van der Waals surface area (Å²) in [5, 5.41) is 6.47. The molecule has 0 heterocycles. The molecule has 8 heteroatoms. The maximum atomic E-state index is 13.3. The van der Waals surface area contributed by atoms with Gasteiger partial charge in [0.15, 0.2) is 5.96 Å². The van der Waals surface area contributed by atoms with E-state index in [1.165, 1.54) is 18.2 Å². The third-order valence-corrected chi connectivity index (χ3v) is 5.22. The Labute approximate surface area is 172 Å². The van der Waals surface area contributed by atoms with Crippen LogP contribution in [0.1, 0.15) is 38.8 Å². The lowest BCUT2D eigenvalue weighted by molar-refractivity contribution is 0.501. The van der Waals surface area contributed by atoms with E-state index in [1.807, 2.05) is 33.8 Å². The van der Waals surface area contributed by atoms with Crippen LogP contribution in [0.15, 0.2) is 58.4 Å². The Morgan fingerprint density at radius 2 is 1.76 bits per heavy atom. The fourth-order valence-electron chi connectivity index (χ4n) is 2.55. The first-order valence-corrected chi connectivity index (χ1v) is 11.0. The fraction of sp³-hybridized carbons (Fsp3) is 0.381. The lowest BCUT2D eigenvalue weighted by atomic mass is 10.1. The summed E-state index contributed by atoms with van der Waals surface area (Å²) in [6, 6.07) is 12.5. The summed E-state index contributed by atoms with van der Waals surface area (Å²) in [6.45, 7) is 9.17. The van der Waals surface area contributed by atoms with Gasteiger partial charge in [-0.2, -0.15) is 0 Å². The molecule has 0 aliphatic rings. The molecule has 158 valence electrons. The predicted molar refractivity (Wildman–Crippen MR) is 115 cm³/mol. The number of halogens is 1. The van der Waals surface area contributed by atoms with Gasteiger partial charge in [-0.15, -0.1) is 0 Å². The Morgan fingerprint density at radius 1 is 1.07 bits per heavy atom. The van der Waals surface area contributed by atoms with Crippen molar-refractivity contribution in [3.05, 3.63) is 65.5 Å². The van der Waals surface area contributed by atoms with Gasteiger partial charge in [-0.05, 0) is 63.1 Å². The van der Waals surface area contributed by atoms with Gasteiger partial charge in [0.25, 0.3) is 0 Å². The molecular weight excluding hydrogens is 391 g/mol. The topological polar surface area (TPSA) is 82.6 Å². The fourth-order valence-corrected chi connectivity index (χ4v) is 3.64. The molecule has 0 unspecified atom stereocenters. The van der Waals surface area contributed by atoms with Crippen LogP contribution >= 0.6 is 0 Å². The second-order valence-corrected chi connectivity index (χ2v) is 9.44. The highest BCUT2D eigenvalue weighted by atomic mass is 32.2. The summed E-state index contributed by atoms with van der Waals surface area (Å²) in [5.41, 5.74) is 1.18. The maximum absolute atomic E-state index is 13.3. The smallest absolute Gasteiger partial charge is 0.240 e. The molecule has 0 aromatic heterocycles. The van der Waals surface area contributed by atoms with Crippen molar-refractivity contribution in [1.82, 2.24) is 15.4 Å². The molecular formula is C21H29FN4O2S. The van der Waals surface area contributed by atoms with Crippen molar-refractivity contribution in [2.75, 3.05) is 6.54 Å². The zero-order chi connectivity index (χ0) is 21.5. The van der Waals surface area contributed by atoms with Gasteiger partial charge in [-0.3, -0.25) is 0 Å². The van der Waals surface area contributed by atoms with Crippen LogP contribution in [0.3, 0.4) is 0 Å². The first-order valence-electron chi connectivity index (χ1n) is 9.48. The summed E-state index contributed by atoms with van der Waals surface area (Å²) in [4.78, 5) is 4.68. The summed E-state index contributed by atoms with van der Waals surface area (Å²) in [5.74, 6) is 0.263. The average Bonchev–Trinajstić information content (AvgIpc) is 2.64. The highest BCUT2D eigenvalue weighted by molar-refractivity contribution is 7.89. The lowest BCUT2D eigenvalue weighted by Crippen LogP contribution is -2.47. The van der Waals surface area contributed by atoms with Gasteiger partial charge in [0, 0.05) is 18.6 Å². The molecule has 0 saturated heterocycles. The van der Waals surface area contributed by atoms with Crippen molar-refractivity contribution in [3.63, 3.8) is 0 Å². The van der Waals surface area contributed by atoms with Crippen LogP contribution in [-0.2, 0) is 23.1 Å². The van der Waals surface area contributed by atoms with Gasteiger partial charge in [0.05, 0.1) is 11.4 Å². The minimum Gasteiger partial charge on any atom is -0.357 e. The molecule has 0 amide bonds. The van der Waals surface area contributed by atoms with Crippen LogP contribution in [0.5, 0.6) is 0 Å². The Balaban J connectivity index is 2.11. The van der Waals surface area contributed by atoms with E-state index in [0.29, 0.717) is 18.1 Å². The zero-order valence-corrected chi connectivity index (χ0v) is 18.1. The molecule has 6 nitrogen and oxygen atoms in total. The summed E-state index contributed by atoms with van der Waals surface area (Å²) in [7, 11) is -3.72. The van der Waals surface area contributed by atoms with E-state index >= 15 is 0 Å². The molecule has 0 spiro atoms. The van der Waals surface area contributed by atoms with Crippen molar-refractivity contribution < 1.29 is 12.8 Å². The van der Waals surface area contributed by atoms with Crippen LogP contribution in [0.2, 0.25) is 0 Å². The van der Waals surface area contributed by atoms with Crippen LogP contribution in [-0.4, -0.2) is 26.5 Å². The van der Waals surface area contributed by atoms with Crippen molar-refractivity contribution in [1.29, 1.82) is 0 Å². The van der Waals surface area contributed by atoms with Crippen LogP contribution < -0.4 is 15.4 Å². The molecule has 0 saturated carbocycles. The maximum Gasteiger partial charge on any atom is 0.240 e. The monoisotopic (exact) mass is 420 g/mol. The van der Waals surface area contributed by atoms with E-state index in [-0.39, 0.29) is 17.0 Å². The number of hydrogen-bond acceptors (Lipinski definition) is 3. The Bertz CT molecular complexity index is 953. The molecule has 2 aromatic rings. The van der Waals surface area contributed by atoms with Crippen LogP contribution in [0.4, 0.5) is 4.39 Å². The van der Waals surface area contributed by atoms with E-state index in [1.54, 1.807) is 24.3 Å². The predicted octanol–water partition coefficient (Wildman–Crippen LogP) is 3.16. The second kappa shape index (κ2) is 9.84. The van der Waals surface area contributed by atoms with Crippen molar-refractivity contribution in [2.45, 2.75) is 51.2 Å². The summed E-state index contributed by atoms with van der Waals surface area (Å²) < 4.78 is 41.0. The quantitative estimate of drug-likeness (QED) is 0.475. The number of benzene rings is 2. The van der Waals surface area contributed by atoms with Gasteiger partial charge in [-0.1, -0.05) is 24.3 Å². The number of rotatable bonds is 7. The number of hydrogen-bond donors (Lipinski definition) is 3. The minimum atomic E-state index is -3.72. The Kier molecular flexibility index (Phi) is 7.75. The summed E-state index contributed by atoms with van der Waals surface area (Å²) >= 11 is 0. The highest BCUT2D eigenvalue weighted by Crippen LogP contribution is 2.13. The molecule has 2 rings (SSSR count). The van der Waals surface area contributed by atoms with Gasteiger partial charge in [-0.25, -0.2) is 22.5 Å². The highest BCUT2D eigenvalue weighted by Gasteiger charge is 2.15. The van der Waals surface area contributed by atoms with Crippen LogP contribution in [0, 0.1) is 5.82 Å². The average molecular weight is 421 g/mol. The number of nitrogens with zero attached hydrogens (tertiary/aromatic N) is 1. The molecule has 0 fully saturated rings. The van der Waals surface area contributed by atoms with E-state index in [2.05, 4.69) is 20.3 Å². The molecule has 0 atom stereocenters. The normalized spacial score (nSPS) is 12.7. The van der Waals surface area contributed by atoms with E-state index in [9.17, 15) is 12.8 Å². The van der Waals surface area contributed by atoms with Gasteiger partial charge < -0.3 is 10.6 Å². The largest absolute Gasteiger partial charge is 0.357 e. The van der Waals surface area contributed by atoms with E-state index < -0.39 is 15.8 Å². The second-order valence-electron chi connectivity index (χ2n) is 7.67. The molecule has 29 heavy (non-hydrogen) atoms. The van der Waals surface area contributed by atoms with Crippen LogP contribution in [0.25, 0.3) is 0 Å². The number of nitrogens with one attached hydrogen (secondary N) is 3. The first-order chi connectivity index (χ1) is 13.6. The third-order valence-electron chi connectivity index (χ3n) is 3.82. The first kappa shape index (κ1) is 22.8. The minimum absolute atomic E-state index is 0.0164. The molecule has 2 aromatic carbocycles. The Morgan fingerprint density at radius 3 is 2.41 bits per heavy atom. The number of sulfonamides is 1. The standard InChI is InChI=1S/C21H29FN4O2S/c1-5-23-20(26-21(2,3)4)24-14-17-9-7-11-19(13-17)29(27,28)25-15-16-8-6-10-18(22)12-16/h6-13,25H,5,14-15H2,1-4H3,(H2,23,24,26). The number of aliphatic imine (C=N–C) groups is 1. The van der Waals surface area contributed by atoms with Crippen molar-refractivity contribution in [2.24, 2.45) is 4.99 Å². The van der Waals surface area contributed by atoms with Gasteiger partial charge in [0.2, 0.25) is 10.0 Å². The van der Waals surface area contributed by atoms with Gasteiger partial charge in [0.1, 0.15) is 5.82 Å². The van der Waals surface area contributed by atoms with E-state index in [4.69, 9.17) is 0 Å². The van der Waals surface area contributed by atoms with E-state index in [0.717, 1.165) is 12.1 Å². The molecule has 0 bridgehead atoms. The lowest BCUT2D eigenvalue weighted by Gasteiger charge is -2.23. The molecule has 0 radical (unpaired) electrons. The molecule has 0 aliphatic heterocycles. The van der Waals surface area contributed by atoms with Crippen molar-refractivity contribution >= 4 is 16.0 Å². The SMILES string of the molecule is CCNC(=NCc1cccc(S(=O)(=O)NCc2cccc(F)c2)c1)NC(C)(C)C. The molecule has 0 aliphatic carbocycles. The van der Waals surface area contributed by atoms with Gasteiger partial charge >= 0.3 is 0 Å².